The Balaban J connectivity index is 1.90. The zero-order valence-corrected chi connectivity index (χ0v) is 9.94. The van der Waals surface area contributed by atoms with Gasteiger partial charge in [-0.2, -0.15) is 0 Å². The molecule has 0 saturated carbocycles. The van der Waals surface area contributed by atoms with E-state index >= 15 is 0 Å². The third-order valence-electron chi connectivity index (χ3n) is 2.85. The van der Waals surface area contributed by atoms with Gasteiger partial charge >= 0.3 is 0 Å². The monoisotopic (exact) mass is 221 g/mol. The molecule has 0 bridgehead atoms. The average Bonchev–Trinajstić information content (AvgIpc) is 2.79. The Bertz CT molecular complexity index is 335. The molecule has 1 aromatic rings. The van der Waals surface area contributed by atoms with Crippen molar-refractivity contribution >= 4 is 0 Å². The Morgan fingerprint density at radius 3 is 3.06 bits per heavy atom. The minimum absolute atomic E-state index is 0.412. The van der Waals surface area contributed by atoms with Gasteiger partial charge in [-0.1, -0.05) is 13.8 Å². The molecule has 2 heterocycles. The molecule has 4 heteroatoms. The highest BCUT2D eigenvalue weighted by Gasteiger charge is 2.14. The Labute approximate surface area is 96.4 Å². The molecule has 4 nitrogen and oxygen atoms in total. The molecule has 1 saturated heterocycles. The van der Waals surface area contributed by atoms with Crippen molar-refractivity contribution in [3.8, 4) is 5.88 Å². The average molecular weight is 221 g/mol. The second kappa shape index (κ2) is 5.25. The van der Waals surface area contributed by atoms with E-state index in [2.05, 4.69) is 29.1 Å². The van der Waals surface area contributed by atoms with Crippen LogP contribution >= 0.6 is 0 Å². The third kappa shape index (κ3) is 2.92. The van der Waals surface area contributed by atoms with E-state index in [9.17, 15) is 0 Å². The van der Waals surface area contributed by atoms with Crippen molar-refractivity contribution in [2.24, 2.45) is 0 Å². The summed E-state index contributed by atoms with van der Waals surface area (Å²) in [5.41, 5.74) is 1.03. The van der Waals surface area contributed by atoms with Crippen molar-refractivity contribution in [1.82, 2.24) is 15.3 Å². The van der Waals surface area contributed by atoms with E-state index in [0.717, 1.165) is 12.2 Å². The van der Waals surface area contributed by atoms with Gasteiger partial charge < -0.3 is 10.1 Å². The highest BCUT2D eigenvalue weighted by Crippen LogP contribution is 2.15. The fourth-order valence-corrected chi connectivity index (χ4v) is 1.83. The third-order valence-corrected chi connectivity index (χ3v) is 2.85. The number of hydrogen-bond donors (Lipinski definition) is 1. The van der Waals surface area contributed by atoms with E-state index in [1.807, 2.05) is 6.07 Å². The van der Waals surface area contributed by atoms with Crippen LogP contribution in [0.1, 0.15) is 38.3 Å². The van der Waals surface area contributed by atoms with Crippen molar-refractivity contribution in [1.29, 1.82) is 0 Å². The lowest BCUT2D eigenvalue weighted by Crippen LogP contribution is -2.28. The van der Waals surface area contributed by atoms with Gasteiger partial charge in [-0.3, -0.25) is 0 Å². The first-order chi connectivity index (χ1) is 7.75. The molecule has 88 valence electrons. The number of hydrogen-bond acceptors (Lipinski definition) is 4. The number of rotatable bonds is 4. The number of nitrogens with zero attached hydrogens (tertiary/aromatic N) is 2. The molecule has 1 unspecified atom stereocenters. The fraction of sp³-hybridized carbons (Fsp3) is 0.667. The first-order valence-corrected chi connectivity index (χ1v) is 5.94. The van der Waals surface area contributed by atoms with Crippen LogP contribution < -0.4 is 10.1 Å². The van der Waals surface area contributed by atoms with Crippen molar-refractivity contribution in [2.75, 3.05) is 13.2 Å². The molecule has 0 radical (unpaired) electrons. The first kappa shape index (κ1) is 11.3. The molecule has 0 amide bonds. The summed E-state index contributed by atoms with van der Waals surface area (Å²) >= 11 is 0. The minimum Gasteiger partial charge on any atom is -0.476 e. The van der Waals surface area contributed by atoms with E-state index in [1.165, 1.54) is 12.8 Å². The maximum Gasteiger partial charge on any atom is 0.216 e. The summed E-state index contributed by atoms with van der Waals surface area (Å²) in [7, 11) is 0. The van der Waals surface area contributed by atoms with Crippen LogP contribution in [0.25, 0.3) is 0 Å². The molecule has 1 aliphatic rings. The Morgan fingerprint density at radius 1 is 1.50 bits per heavy atom. The van der Waals surface area contributed by atoms with Crippen LogP contribution in [0.2, 0.25) is 0 Å². The number of nitrogens with one attached hydrogen (secondary N) is 1. The van der Waals surface area contributed by atoms with Crippen molar-refractivity contribution in [3.05, 3.63) is 18.1 Å². The van der Waals surface area contributed by atoms with Crippen LogP contribution in [-0.2, 0) is 0 Å². The van der Waals surface area contributed by atoms with Crippen molar-refractivity contribution in [3.63, 3.8) is 0 Å². The van der Waals surface area contributed by atoms with Gasteiger partial charge in [0.1, 0.15) is 12.9 Å². The van der Waals surface area contributed by atoms with Crippen LogP contribution in [0.5, 0.6) is 5.88 Å². The van der Waals surface area contributed by atoms with E-state index in [4.69, 9.17) is 4.74 Å². The SMILES string of the molecule is CC(C)c1cc(OCC2CCCN2)ncn1. The Morgan fingerprint density at radius 2 is 2.38 bits per heavy atom. The standard InChI is InChI=1S/C12H19N3O/c1-9(2)11-6-12(15-8-14-11)16-7-10-4-3-5-13-10/h6,8-10,13H,3-5,7H2,1-2H3. The molecule has 2 rings (SSSR count). The van der Waals surface area contributed by atoms with Crippen LogP contribution in [-0.4, -0.2) is 29.2 Å². The van der Waals surface area contributed by atoms with Gasteiger partial charge in [-0.25, -0.2) is 9.97 Å². The van der Waals surface area contributed by atoms with Crippen LogP contribution in [0.15, 0.2) is 12.4 Å². The molecular formula is C12H19N3O. The lowest BCUT2D eigenvalue weighted by Gasteiger charge is -2.12. The van der Waals surface area contributed by atoms with Crippen LogP contribution in [0.4, 0.5) is 0 Å². The zero-order valence-electron chi connectivity index (χ0n) is 9.94. The molecule has 0 aromatic carbocycles. The summed E-state index contributed by atoms with van der Waals surface area (Å²) in [6.07, 6.45) is 4.02. The highest BCUT2D eigenvalue weighted by atomic mass is 16.5. The van der Waals surface area contributed by atoms with Gasteiger partial charge in [-0.05, 0) is 25.3 Å². The largest absolute Gasteiger partial charge is 0.476 e. The molecule has 1 N–H and O–H groups in total. The molecule has 16 heavy (non-hydrogen) atoms. The molecule has 1 atom stereocenters. The van der Waals surface area contributed by atoms with E-state index < -0.39 is 0 Å². The zero-order chi connectivity index (χ0) is 11.4. The quantitative estimate of drug-likeness (QED) is 0.841. The predicted molar refractivity (Wildman–Crippen MR) is 62.6 cm³/mol. The summed E-state index contributed by atoms with van der Waals surface area (Å²) in [6.45, 7) is 6.04. The van der Waals surface area contributed by atoms with Gasteiger partial charge in [0.25, 0.3) is 0 Å². The molecular weight excluding hydrogens is 202 g/mol. The van der Waals surface area contributed by atoms with E-state index in [1.54, 1.807) is 6.33 Å². The van der Waals surface area contributed by atoms with Gasteiger partial charge in [-0.15, -0.1) is 0 Å². The van der Waals surface area contributed by atoms with Gasteiger partial charge in [0.2, 0.25) is 5.88 Å². The van der Waals surface area contributed by atoms with E-state index in [0.29, 0.717) is 24.4 Å². The minimum atomic E-state index is 0.412. The molecule has 0 aliphatic carbocycles. The van der Waals surface area contributed by atoms with Crippen molar-refractivity contribution < 1.29 is 4.74 Å². The molecule has 1 aromatic heterocycles. The number of ether oxygens (including phenoxy) is 1. The van der Waals surface area contributed by atoms with Crippen LogP contribution in [0, 0.1) is 0 Å². The summed E-state index contributed by atoms with van der Waals surface area (Å²) < 4.78 is 5.67. The Hall–Kier alpha value is -1.16. The Kier molecular flexibility index (Phi) is 3.72. The summed E-state index contributed by atoms with van der Waals surface area (Å²) in [6, 6.07) is 2.41. The maximum absolute atomic E-state index is 5.67. The van der Waals surface area contributed by atoms with E-state index in [-0.39, 0.29) is 0 Å². The van der Waals surface area contributed by atoms with Gasteiger partial charge in [0.15, 0.2) is 0 Å². The number of aromatic nitrogens is 2. The highest BCUT2D eigenvalue weighted by molar-refractivity contribution is 5.16. The predicted octanol–water partition coefficient (Wildman–Crippen LogP) is 1.73. The smallest absolute Gasteiger partial charge is 0.216 e. The molecule has 1 aliphatic heterocycles. The second-order valence-electron chi connectivity index (χ2n) is 4.54. The topological polar surface area (TPSA) is 47.0 Å². The molecule has 1 fully saturated rings. The van der Waals surface area contributed by atoms with Gasteiger partial charge in [0, 0.05) is 12.1 Å². The summed E-state index contributed by atoms with van der Waals surface area (Å²) in [5, 5.41) is 3.40. The summed E-state index contributed by atoms with van der Waals surface area (Å²) in [5.74, 6) is 1.10. The van der Waals surface area contributed by atoms with Gasteiger partial charge in [0.05, 0.1) is 5.69 Å². The fourth-order valence-electron chi connectivity index (χ4n) is 1.83. The normalized spacial score (nSPS) is 20.3. The maximum atomic E-state index is 5.67. The van der Waals surface area contributed by atoms with Crippen LogP contribution in [0.3, 0.4) is 0 Å². The first-order valence-electron chi connectivity index (χ1n) is 5.94. The second-order valence-corrected chi connectivity index (χ2v) is 4.54. The lowest BCUT2D eigenvalue weighted by molar-refractivity contribution is 0.266. The van der Waals surface area contributed by atoms with Crippen molar-refractivity contribution in [2.45, 2.75) is 38.6 Å². The lowest BCUT2D eigenvalue weighted by atomic mass is 10.1. The summed E-state index contributed by atoms with van der Waals surface area (Å²) in [4.78, 5) is 8.33. The molecule has 0 spiro atoms.